The van der Waals surface area contributed by atoms with Crippen LogP contribution in [0.5, 0.6) is 0 Å². The molecule has 154 valence electrons. The molecule has 2 aliphatic rings. The normalized spacial score (nSPS) is 17.4. The maximum absolute atomic E-state index is 12.7. The Bertz CT molecular complexity index is 858. The van der Waals surface area contributed by atoms with Crippen LogP contribution in [0.4, 0.5) is 16.2 Å². The fourth-order valence-electron chi connectivity index (χ4n) is 3.83. The predicted octanol–water partition coefficient (Wildman–Crippen LogP) is 2.15. The SMILES string of the molecule is C=CC(=O)N1CCC(C(=O)Nc2cccc(N3CCN(C(C)=O)C3=O)c2C)CC1. The molecule has 0 aliphatic carbocycles. The van der Waals surface area contributed by atoms with Crippen molar-refractivity contribution in [2.75, 3.05) is 36.4 Å². The van der Waals surface area contributed by atoms with Crippen LogP contribution in [0.25, 0.3) is 0 Å². The van der Waals surface area contributed by atoms with Gasteiger partial charge in [-0.2, -0.15) is 0 Å². The lowest BCUT2D eigenvalue weighted by molar-refractivity contribution is -0.130. The first-order valence-electron chi connectivity index (χ1n) is 9.75. The lowest BCUT2D eigenvalue weighted by Crippen LogP contribution is -2.40. The van der Waals surface area contributed by atoms with Crippen molar-refractivity contribution in [1.29, 1.82) is 0 Å². The zero-order chi connectivity index (χ0) is 21.1. The van der Waals surface area contributed by atoms with Crippen LogP contribution in [0.2, 0.25) is 0 Å². The lowest BCUT2D eigenvalue weighted by Gasteiger charge is -2.30. The second-order valence-electron chi connectivity index (χ2n) is 7.35. The average molecular weight is 398 g/mol. The van der Waals surface area contributed by atoms with Gasteiger partial charge in [0.25, 0.3) is 0 Å². The average Bonchev–Trinajstić information content (AvgIpc) is 3.10. The van der Waals surface area contributed by atoms with Gasteiger partial charge < -0.3 is 10.2 Å². The highest BCUT2D eigenvalue weighted by Crippen LogP contribution is 2.30. The summed E-state index contributed by atoms with van der Waals surface area (Å²) in [4.78, 5) is 53.0. The molecule has 0 radical (unpaired) electrons. The minimum Gasteiger partial charge on any atom is -0.339 e. The van der Waals surface area contributed by atoms with Gasteiger partial charge in [0.05, 0.1) is 5.69 Å². The number of imide groups is 1. The number of carbonyl (C=O) groups is 4. The molecule has 1 aromatic carbocycles. The van der Waals surface area contributed by atoms with Crippen molar-refractivity contribution >= 4 is 35.1 Å². The van der Waals surface area contributed by atoms with Crippen LogP contribution in [-0.4, -0.2) is 59.7 Å². The number of likely N-dealkylation sites (tertiary alicyclic amines) is 1. The molecular formula is C21H26N4O4. The van der Waals surface area contributed by atoms with Crippen molar-refractivity contribution in [1.82, 2.24) is 9.80 Å². The van der Waals surface area contributed by atoms with Crippen molar-refractivity contribution < 1.29 is 19.2 Å². The van der Waals surface area contributed by atoms with Crippen LogP contribution >= 0.6 is 0 Å². The maximum atomic E-state index is 12.7. The molecule has 8 nitrogen and oxygen atoms in total. The van der Waals surface area contributed by atoms with E-state index in [1.54, 1.807) is 21.9 Å². The summed E-state index contributed by atoms with van der Waals surface area (Å²) in [5, 5.41) is 2.97. The fraction of sp³-hybridized carbons (Fsp3) is 0.429. The number of urea groups is 1. The van der Waals surface area contributed by atoms with E-state index < -0.39 is 0 Å². The number of hydrogen-bond donors (Lipinski definition) is 1. The topological polar surface area (TPSA) is 90.0 Å². The predicted molar refractivity (Wildman–Crippen MR) is 109 cm³/mol. The van der Waals surface area contributed by atoms with Gasteiger partial charge in [-0.3, -0.25) is 24.2 Å². The van der Waals surface area contributed by atoms with Gasteiger partial charge in [0.1, 0.15) is 0 Å². The second-order valence-corrected chi connectivity index (χ2v) is 7.35. The highest BCUT2D eigenvalue weighted by molar-refractivity contribution is 6.05. The summed E-state index contributed by atoms with van der Waals surface area (Å²) in [6, 6.07) is 5.05. The molecular weight excluding hydrogens is 372 g/mol. The van der Waals surface area contributed by atoms with Crippen molar-refractivity contribution in [3.05, 3.63) is 36.4 Å². The smallest absolute Gasteiger partial charge is 0.331 e. The first-order valence-corrected chi connectivity index (χ1v) is 9.75. The van der Waals surface area contributed by atoms with Gasteiger partial charge in [-0.1, -0.05) is 12.6 Å². The third kappa shape index (κ3) is 4.16. The van der Waals surface area contributed by atoms with Gasteiger partial charge in [-0.15, -0.1) is 0 Å². The molecule has 0 saturated carbocycles. The van der Waals surface area contributed by atoms with Crippen molar-refractivity contribution in [2.45, 2.75) is 26.7 Å². The summed E-state index contributed by atoms with van der Waals surface area (Å²) in [6.07, 6.45) is 2.49. The Morgan fingerprint density at radius 1 is 1.14 bits per heavy atom. The molecule has 2 aliphatic heterocycles. The Morgan fingerprint density at radius 2 is 1.83 bits per heavy atom. The van der Waals surface area contributed by atoms with Crippen molar-refractivity contribution in [3.8, 4) is 0 Å². The Morgan fingerprint density at radius 3 is 2.41 bits per heavy atom. The number of nitrogens with zero attached hydrogens (tertiary/aromatic N) is 3. The van der Waals surface area contributed by atoms with Crippen LogP contribution in [0, 0.1) is 12.8 Å². The monoisotopic (exact) mass is 398 g/mol. The number of amides is 5. The van der Waals surface area contributed by atoms with E-state index in [1.807, 2.05) is 13.0 Å². The molecule has 1 aromatic rings. The van der Waals surface area contributed by atoms with Gasteiger partial charge in [0.2, 0.25) is 17.7 Å². The molecule has 0 bridgehead atoms. The first kappa shape index (κ1) is 20.6. The van der Waals surface area contributed by atoms with Crippen LogP contribution in [-0.2, 0) is 14.4 Å². The molecule has 0 aromatic heterocycles. The maximum Gasteiger partial charge on any atom is 0.331 e. The van der Waals surface area contributed by atoms with Crippen LogP contribution in [0.15, 0.2) is 30.9 Å². The molecule has 0 spiro atoms. The Labute approximate surface area is 170 Å². The summed E-state index contributed by atoms with van der Waals surface area (Å²) in [7, 11) is 0. The first-order chi connectivity index (χ1) is 13.8. The molecule has 5 amide bonds. The number of nitrogens with one attached hydrogen (secondary N) is 1. The molecule has 1 N–H and O–H groups in total. The van der Waals surface area contributed by atoms with E-state index in [-0.39, 0.29) is 29.7 Å². The zero-order valence-corrected chi connectivity index (χ0v) is 16.8. The van der Waals surface area contributed by atoms with Gasteiger partial charge in [0, 0.05) is 44.7 Å². The standard InChI is InChI=1S/C21H26N4O4/c1-4-19(27)23-10-8-16(9-11-23)20(28)22-17-6-5-7-18(14(17)2)25-13-12-24(15(3)26)21(25)29/h4-7,16H,1,8-13H2,2-3H3,(H,22,28). The molecule has 2 fully saturated rings. The number of piperidine rings is 1. The highest BCUT2D eigenvalue weighted by Gasteiger charge is 2.33. The Balaban J connectivity index is 1.68. The largest absolute Gasteiger partial charge is 0.339 e. The number of carbonyl (C=O) groups excluding carboxylic acids is 4. The highest BCUT2D eigenvalue weighted by atomic mass is 16.2. The third-order valence-electron chi connectivity index (χ3n) is 5.60. The summed E-state index contributed by atoms with van der Waals surface area (Å²) in [5.41, 5.74) is 2.10. The molecule has 2 saturated heterocycles. The quantitative estimate of drug-likeness (QED) is 0.787. The van der Waals surface area contributed by atoms with Crippen molar-refractivity contribution in [2.24, 2.45) is 5.92 Å². The Kier molecular flexibility index (Phi) is 6.00. The van der Waals surface area contributed by atoms with Gasteiger partial charge in [-0.25, -0.2) is 4.79 Å². The molecule has 0 unspecified atom stereocenters. The van der Waals surface area contributed by atoms with E-state index >= 15 is 0 Å². The number of rotatable bonds is 4. The van der Waals surface area contributed by atoms with Gasteiger partial charge >= 0.3 is 6.03 Å². The van der Waals surface area contributed by atoms with Crippen LogP contribution in [0.3, 0.4) is 0 Å². The lowest BCUT2D eigenvalue weighted by atomic mass is 9.95. The summed E-state index contributed by atoms with van der Waals surface area (Å²) in [5.74, 6) is -0.647. The van der Waals surface area contributed by atoms with E-state index in [4.69, 9.17) is 0 Å². The summed E-state index contributed by atoms with van der Waals surface area (Å²) in [6.45, 7) is 8.56. The van der Waals surface area contributed by atoms with E-state index in [0.717, 1.165) is 5.56 Å². The third-order valence-corrected chi connectivity index (χ3v) is 5.60. The molecule has 8 heteroatoms. The van der Waals surface area contributed by atoms with Crippen molar-refractivity contribution in [3.63, 3.8) is 0 Å². The summed E-state index contributed by atoms with van der Waals surface area (Å²) >= 11 is 0. The van der Waals surface area contributed by atoms with Gasteiger partial charge in [-0.05, 0) is 43.5 Å². The second kappa shape index (κ2) is 8.46. The molecule has 0 atom stereocenters. The molecule has 2 heterocycles. The zero-order valence-electron chi connectivity index (χ0n) is 16.8. The minimum atomic E-state index is -0.344. The van der Waals surface area contributed by atoms with E-state index in [2.05, 4.69) is 11.9 Å². The van der Waals surface area contributed by atoms with E-state index in [1.165, 1.54) is 17.9 Å². The Hall–Kier alpha value is -3.16. The fourth-order valence-corrected chi connectivity index (χ4v) is 3.83. The minimum absolute atomic E-state index is 0.0888. The van der Waals surface area contributed by atoms with E-state index in [9.17, 15) is 19.2 Å². The number of hydrogen-bond acceptors (Lipinski definition) is 4. The molecule has 29 heavy (non-hydrogen) atoms. The molecule has 3 rings (SSSR count). The summed E-state index contributed by atoms with van der Waals surface area (Å²) < 4.78 is 0. The van der Waals surface area contributed by atoms with E-state index in [0.29, 0.717) is 50.4 Å². The number of benzene rings is 1. The van der Waals surface area contributed by atoms with Gasteiger partial charge in [0.15, 0.2) is 0 Å². The van der Waals surface area contributed by atoms with Crippen LogP contribution < -0.4 is 10.2 Å². The van der Waals surface area contributed by atoms with Crippen LogP contribution in [0.1, 0.15) is 25.3 Å². The number of anilines is 2.